The normalized spacial score (nSPS) is 27.1. The van der Waals surface area contributed by atoms with Gasteiger partial charge in [-0.1, -0.05) is 30.4 Å². The maximum absolute atomic E-state index is 13.0. The summed E-state index contributed by atoms with van der Waals surface area (Å²) >= 11 is 0. The Hall–Kier alpha value is -3.42. The Morgan fingerprint density at radius 1 is 1.03 bits per heavy atom. The van der Waals surface area contributed by atoms with Crippen LogP contribution in [0.2, 0.25) is 0 Å². The number of aromatic nitrogens is 2. The number of para-hydroxylation sites is 1. The Labute approximate surface area is 179 Å². The molecule has 3 aliphatic rings. The van der Waals surface area contributed by atoms with Gasteiger partial charge in [0.05, 0.1) is 23.2 Å². The lowest BCUT2D eigenvalue weighted by Gasteiger charge is -2.23. The van der Waals surface area contributed by atoms with Crippen molar-refractivity contribution < 1.29 is 14.4 Å². The summed E-state index contributed by atoms with van der Waals surface area (Å²) in [7, 11) is 1.74. The maximum atomic E-state index is 13.0. The molecule has 5 rings (SSSR count). The molecule has 31 heavy (non-hydrogen) atoms. The molecule has 1 aliphatic heterocycles. The van der Waals surface area contributed by atoms with Crippen LogP contribution in [0.3, 0.4) is 0 Å². The third kappa shape index (κ3) is 2.67. The fourth-order valence-corrected chi connectivity index (χ4v) is 5.36. The van der Waals surface area contributed by atoms with E-state index in [9.17, 15) is 19.2 Å². The van der Waals surface area contributed by atoms with Crippen LogP contribution in [0.5, 0.6) is 0 Å². The molecule has 1 N–H and O–H groups in total. The first-order valence-corrected chi connectivity index (χ1v) is 10.5. The molecule has 2 bridgehead atoms. The molecule has 5 atom stereocenters. The van der Waals surface area contributed by atoms with E-state index >= 15 is 0 Å². The van der Waals surface area contributed by atoms with Gasteiger partial charge in [0.1, 0.15) is 11.7 Å². The first-order valence-electron chi connectivity index (χ1n) is 10.5. The van der Waals surface area contributed by atoms with E-state index in [0.29, 0.717) is 11.4 Å². The van der Waals surface area contributed by atoms with Gasteiger partial charge in [-0.2, -0.15) is 0 Å². The predicted molar refractivity (Wildman–Crippen MR) is 113 cm³/mol. The molecule has 2 fully saturated rings. The van der Waals surface area contributed by atoms with Crippen molar-refractivity contribution in [1.29, 1.82) is 0 Å². The van der Waals surface area contributed by atoms with E-state index in [1.807, 2.05) is 30.4 Å². The average Bonchev–Trinajstić information content (AvgIpc) is 3.48. The van der Waals surface area contributed by atoms with E-state index in [-0.39, 0.29) is 46.7 Å². The molecule has 2 aromatic rings. The van der Waals surface area contributed by atoms with E-state index in [0.717, 1.165) is 11.3 Å². The summed E-state index contributed by atoms with van der Waals surface area (Å²) in [6.45, 7) is 3.27. The first kappa shape index (κ1) is 19.5. The quantitative estimate of drug-likeness (QED) is 0.601. The van der Waals surface area contributed by atoms with Gasteiger partial charge < -0.3 is 5.32 Å². The minimum Gasteiger partial charge on any atom is -0.318 e. The van der Waals surface area contributed by atoms with Gasteiger partial charge >= 0.3 is 0 Å². The number of nitrogens with one attached hydrogen (secondary N) is 1. The molecule has 1 saturated carbocycles. The minimum absolute atomic E-state index is 0.0844. The standard InChI is InChI=1S/C23H24N4O4/c1-12-19(23(31)27(25(12)3)16-7-5-4-6-8-16)24-20(28)13(2)26-21(29)17-14-9-10-15(11-14)18(17)22(26)30/h4-10,13-15,17-18H,11H2,1-3H3,(H,24,28)/t13-,14-,15-,17-,18+/m0/s1. The number of hydrogen-bond acceptors (Lipinski definition) is 4. The van der Waals surface area contributed by atoms with E-state index in [1.54, 1.807) is 30.8 Å². The van der Waals surface area contributed by atoms with Crippen molar-refractivity contribution in [3.05, 3.63) is 58.5 Å². The number of anilines is 1. The molecule has 160 valence electrons. The molecular formula is C23H24N4O4. The van der Waals surface area contributed by atoms with Crippen molar-refractivity contribution in [1.82, 2.24) is 14.3 Å². The van der Waals surface area contributed by atoms with E-state index in [2.05, 4.69) is 5.32 Å². The van der Waals surface area contributed by atoms with Gasteiger partial charge in [-0.3, -0.25) is 28.8 Å². The van der Waals surface area contributed by atoms with Gasteiger partial charge in [-0.15, -0.1) is 0 Å². The summed E-state index contributed by atoms with van der Waals surface area (Å²) in [6, 6.07) is 8.13. The number of carbonyl (C=O) groups is 3. The summed E-state index contributed by atoms with van der Waals surface area (Å²) in [6.07, 6.45) is 4.87. The number of imide groups is 1. The van der Waals surface area contributed by atoms with Crippen LogP contribution >= 0.6 is 0 Å². The number of hydrogen-bond donors (Lipinski definition) is 1. The molecule has 1 saturated heterocycles. The number of amides is 3. The van der Waals surface area contributed by atoms with Crippen molar-refractivity contribution >= 4 is 23.4 Å². The van der Waals surface area contributed by atoms with Gasteiger partial charge in [0.15, 0.2) is 0 Å². The third-order valence-electron chi connectivity index (χ3n) is 7.07. The summed E-state index contributed by atoms with van der Waals surface area (Å²) in [4.78, 5) is 53.1. The topological polar surface area (TPSA) is 93.4 Å². The number of fused-ring (bicyclic) bond motifs is 5. The molecule has 8 heteroatoms. The second kappa shape index (κ2) is 6.80. The molecule has 2 heterocycles. The molecule has 0 spiro atoms. The Morgan fingerprint density at radius 2 is 1.61 bits per heavy atom. The average molecular weight is 420 g/mol. The second-order valence-electron chi connectivity index (χ2n) is 8.65. The van der Waals surface area contributed by atoms with Gasteiger partial charge in [0.2, 0.25) is 17.7 Å². The zero-order chi connectivity index (χ0) is 22.0. The largest absolute Gasteiger partial charge is 0.318 e. The van der Waals surface area contributed by atoms with Crippen LogP contribution in [0.25, 0.3) is 5.69 Å². The Balaban J connectivity index is 1.41. The van der Waals surface area contributed by atoms with Crippen molar-refractivity contribution in [3.8, 4) is 5.69 Å². The zero-order valence-electron chi connectivity index (χ0n) is 17.6. The molecular weight excluding hydrogens is 396 g/mol. The highest BCUT2D eigenvalue weighted by molar-refractivity contribution is 6.10. The number of likely N-dealkylation sites (tertiary alicyclic amines) is 1. The highest BCUT2D eigenvalue weighted by Crippen LogP contribution is 2.52. The molecule has 3 amide bonds. The second-order valence-corrected chi connectivity index (χ2v) is 8.65. The molecule has 1 aromatic carbocycles. The minimum atomic E-state index is -0.991. The number of allylic oxidation sites excluding steroid dienone is 2. The molecule has 1 aromatic heterocycles. The van der Waals surface area contributed by atoms with Crippen LogP contribution in [0.15, 0.2) is 47.3 Å². The van der Waals surface area contributed by atoms with Gasteiger partial charge in [-0.05, 0) is 44.2 Å². The highest BCUT2D eigenvalue weighted by atomic mass is 16.2. The van der Waals surface area contributed by atoms with E-state index in [4.69, 9.17) is 0 Å². The number of rotatable bonds is 4. The Kier molecular flexibility index (Phi) is 4.28. The lowest BCUT2D eigenvalue weighted by atomic mass is 9.85. The van der Waals surface area contributed by atoms with E-state index < -0.39 is 11.9 Å². The Bertz CT molecular complexity index is 1160. The van der Waals surface area contributed by atoms with Crippen LogP contribution in [0.4, 0.5) is 5.69 Å². The van der Waals surface area contributed by atoms with Gasteiger partial charge in [-0.25, -0.2) is 4.68 Å². The number of benzene rings is 1. The molecule has 0 unspecified atom stereocenters. The summed E-state index contributed by atoms with van der Waals surface area (Å²) in [5.41, 5.74) is 1.02. The first-order chi connectivity index (χ1) is 14.8. The van der Waals surface area contributed by atoms with Crippen molar-refractivity contribution in [2.75, 3.05) is 5.32 Å². The zero-order valence-corrected chi connectivity index (χ0v) is 17.6. The molecule has 0 radical (unpaired) electrons. The number of nitrogens with zero attached hydrogens (tertiary/aromatic N) is 3. The van der Waals surface area contributed by atoms with Crippen LogP contribution < -0.4 is 10.9 Å². The summed E-state index contributed by atoms with van der Waals surface area (Å²) in [5, 5.41) is 2.68. The van der Waals surface area contributed by atoms with Crippen molar-refractivity contribution in [3.63, 3.8) is 0 Å². The Morgan fingerprint density at radius 3 is 2.19 bits per heavy atom. The summed E-state index contributed by atoms with van der Waals surface area (Å²) < 4.78 is 3.13. The lowest BCUT2D eigenvalue weighted by molar-refractivity contribution is -0.146. The van der Waals surface area contributed by atoms with Gasteiger partial charge in [0.25, 0.3) is 5.56 Å². The SMILES string of the molecule is Cc1c(NC(=O)[C@H](C)N2C(=O)[C@@H]3[C@H](C2=O)[C@H]2C=C[C@H]3C2)c(=O)n(-c2ccccc2)n1C. The third-order valence-corrected chi connectivity index (χ3v) is 7.07. The predicted octanol–water partition coefficient (Wildman–Crippen LogP) is 1.62. The summed E-state index contributed by atoms with van der Waals surface area (Å²) in [5.74, 6) is -1.64. The van der Waals surface area contributed by atoms with Crippen LogP contribution in [0, 0.1) is 30.6 Å². The maximum Gasteiger partial charge on any atom is 0.295 e. The van der Waals surface area contributed by atoms with Crippen LogP contribution in [0.1, 0.15) is 19.0 Å². The van der Waals surface area contributed by atoms with Crippen molar-refractivity contribution in [2.45, 2.75) is 26.3 Å². The monoisotopic (exact) mass is 420 g/mol. The van der Waals surface area contributed by atoms with Gasteiger partial charge in [0, 0.05) is 7.05 Å². The highest BCUT2D eigenvalue weighted by Gasteiger charge is 2.60. The molecule has 8 nitrogen and oxygen atoms in total. The fourth-order valence-electron chi connectivity index (χ4n) is 5.36. The van der Waals surface area contributed by atoms with Crippen LogP contribution in [-0.4, -0.2) is 38.0 Å². The smallest absolute Gasteiger partial charge is 0.295 e. The number of carbonyl (C=O) groups excluding carboxylic acids is 3. The fraction of sp³-hybridized carbons (Fsp3) is 0.391. The molecule has 2 aliphatic carbocycles. The lowest BCUT2D eigenvalue weighted by Crippen LogP contribution is -2.47. The van der Waals surface area contributed by atoms with E-state index in [1.165, 1.54) is 11.6 Å². The van der Waals surface area contributed by atoms with Crippen LogP contribution in [-0.2, 0) is 21.4 Å². The van der Waals surface area contributed by atoms with Crippen molar-refractivity contribution in [2.24, 2.45) is 30.7 Å².